The number of carbonyl (C=O) groups is 1. The quantitative estimate of drug-likeness (QED) is 0.856. The van der Waals surface area contributed by atoms with Gasteiger partial charge >= 0.3 is 5.97 Å². The number of hydrogen-bond donors (Lipinski definition) is 1. The average Bonchev–Trinajstić information content (AvgIpc) is 2.85. The molecule has 1 heterocycles. The molecule has 1 aromatic heterocycles. The Kier molecular flexibility index (Phi) is 4.56. The molecule has 1 N–H and O–H groups in total. The summed E-state index contributed by atoms with van der Waals surface area (Å²) in [6, 6.07) is 8.37. The van der Waals surface area contributed by atoms with Gasteiger partial charge in [-0.05, 0) is 24.6 Å². The Morgan fingerprint density at radius 1 is 1.43 bits per heavy atom. The van der Waals surface area contributed by atoms with E-state index in [4.69, 9.17) is 0 Å². The van der Waals surface area contributed by atoms with E-state index < -0.39 is 17.2 Å². The maximum atomic E-state index is 11.6. The molecule has 21 heavy (non-hydrogen) atoms. The molecule has 0 aliphatic rings. The number of carboxylic acids is 1. The van der Waals surface area contributed by atoms with Gasteiger partial charge in [-0.1, -0.05) is 30.9 Å². The predicted octanol–water partition coefficient (Wildman–Crippen LogP) is 3.33. The normalized spacial score (nSPS) is 11.9. The van der Waals surface area contributed by atoms with Crippen molar-refractivity contribution in [3.05, 3.63) is 52.2 Å². The Morgan fingerprint density at radius 2 is 2.10 bits per heavy atom. The van der Waals surface area contributed by atoms with Crippen LogP contribution in [0.25, 0.3) is 6.08 Å². The molecule has 0 bridgehead atoms. The van der Waals surface area contributed by atoms with Gasteiger partial charge in [-0.3, -0.25) is 8.51 Å². The fourth-order valence-corrected chi connectivity index (χ4v) is 3.45. The fraction of sp³-hybridized carbons (Fsp3) is 0.0714. The SMILES string of the molecule is C=Cc1cc(N(c2ccccc2C)S(=O)[O-])c(C(=O)O)s1. The second-order valence-electron chi connectivity index (χ2n) is 4.17. The van der Waals surface area contributed by atoms with E-state index in [9.17, 15) is 18.7 Å². The summed E-state index contributed by atoms with van der Waals surface area (Å²) in [6.07, 6.45) is 1.49. The minimum Gasteiger partial charge on any atom is -0.755 e. The number of aryl methyl sites for hydroxylation is 1. The molecule has 0 fully saturated rings. The molecule has 0 saturated carbocycles. The number of rotatable bonds is 5. The Morgan fingerprint density at radius 3 is 2.62 bits per heavy atom. The molecule has 1 unspecified atom stereocenters. The van der Waals surface area contributed by atoms with Crippen molar-refractivity contribution in [2.45, 2.75) is 6.92 Å². The predicted molar refractivity (Wildman–Crippen MR) is 83.6 cm³/mol. The summed E-state index contributed by atoms with van der Waals surface area (Å²) >= 11 is -1.66. The van der Waals surface area contributed by atoms with Crippen molar-refractivity contribution in [1.82, 2.24) is 0 Å². The van der Waals surface area contributed by atoms with Crippen LogP contribution in [0.4, 0.5) is 11.4 Å². The monoisotopic (exact) mass is 322 g/mol. The zero-order valence-electron chi connectivity index (χ0n) is 11.1. The highest BCUT2D eigenvalue weighted by Gasteiger charge is 2.22. The fourth-order valence-electron chi connectivity index (χ4n) is 1.89. The van der Waals surface area contributed by atoms with Gasteiger partial charge in [-0.2, -0.15) is 0 Å². The van der Waals surface area contributed by atoms with Crippen LogP contribution in [0, 0.1) is 6.92 Å². The number of thiophene rings is 1. The first-order chi connectivity index (χ1) is 9.95. The molecule has 5 nitrogen and oxygen atoms in total. The summed E-state index contributed by atoms with van der Waals surface area (Å²) in [6.45, 7) is 5.34. The zero-order chi connectivity index (χ0) is 15.6. The molecule has 1 atom stereocenters. The molecule has 0 spiro atoms. The molecule has 110 valence electrons. The highest BCUT2D eigenvalue weighted by Crippen LogP contribution is 2.37. The summed E-state index contributed by atoms with van der Waals surface area (Å²) in [5, 5.41) is 9.27. The first-order valence-electron chi connectivity index (χ1n) is 5.90. The highest BCUT2D eigenvalue weighted by molar-refractivity contribution is 7.81. The van der Waals surface area contributed by atoms with Crippen LogP contribution in [0.3, 0.4) is 0 Å². The number of anilines is 2. The molecule has 1 aromatic carbocycles. The molecule has 7 heteroatoms. The number of para-hydroxylation sites is 1. The van der Waals surface area contributed by atoms with Crippen LogP contribution >= 0.6 is 11.3 Å². The van der Waals surface area contributed by atoms with Gasteiger partial charge in [0, 0.05) is 4.88 Å². The number of carboxylic acid groups (broad SMARTS) is 1. The van der Waals surface area contributed by atoms with E-state index in [1.807, 2.05) is 0 Å². The van der Waals surface area contributed by atoms with Crippen molar-refractivity contribution in [2.75, 3.05) is 4.31 Å². The van der Waals surface area contributed by atoms with Crippen LogP contribution in [-0.4, -0.2) is 19.8 Å². The lowest BCUT2D eigenvalue weighted by molar-refractivity contribution is 0.0703. The van der Waals surface area contributed by atoms with E-state index in [2.05, 4.69) is 6.58 Å². The molecule has 0 radical (unpaired) electrons. The van der Waals surface area contributed by atoms with Crippen LogP contribution < -0.4 is 4.31 Å². The van der Waals surface area contributed by atoms with E-state index in [0.29, 0.717) is 10.6 Å². The van der Waals surface area contributed by atoms with Crippen molar-refractivity contribution in [1.29, 1.82) is 0 Å². The Bertz CT molecular complexity index is 724. The largest absolute Gasteiger partial charge is 0.755 e. The maximum Gasteiger partial charge on any atom is 0.348 e. The lowest BCUT2D eigenvalue weighted by Gasteiger charge is -2.27. The second kappa shape index (κ2) is 6.21. The van der Waals surface area contributed by atoms with E-state index >= 15 is 0 Å². The van der Waals surface area contributed by atoms with Crippen LogP contribution in [-0.2, 0) is 11.3 Å². The first-order valence-corrected chi connectivity index (χ1v) is 7.75. The van der Waals surface area contributed by atoms with Gasteiger partial charge in [0.25, 0.3) is 0 Å². The lowest BCUT2D eigenvalue weighted by atomic mass is 10.2. The van der Waals surface area contributed by atoms with Crippen molar-refractivity contribution >= 4 is 46.0 Å². The Labute approximate surface area is 128 Å². The van der Waals surface area contributed by atoms with Crippen molar-refractivity contribution < 1.29 is 18.7 Å². The second-order valence-corrected chi connectivity index (χ2v) is 6.05. The van der Waals surface area contributed by atoms with Gasteiger partial charge < -0.3 is 9.66 Å². The van der Waals surface area contributed by atoms with Crippen molar-refractivity contribution in [3.63, 3.8) is 0 Å². The average molecular weight is 322 g/mol. The summed E-state index contributed by atoms with van der Waals surface area (Å²) in [4.78, 5) is 11.9. The number of benzene rings is 1. The van der Waals surface area contributed by atoms with Crippen LogP contribution in [0.5, 0.6) is 0 Å². The van der Waals surface area contributed by atoms with Crippen LogP contribution in [0.15, 0.2) is 36.9 Å². The van der Waals surface area contributed by atoms with Crippen LogP contribution in [0.1, 0.15) is 20.1 Å². The summed E-state index contributed by atoms with van der Waals surface area (Å²) < 4.78 is 24.3. The molecular weight excluding hydrogens is 310 g/mol. The Balaban J connectivity index is 2.67. The van der Waals surface area contributed by atoms with Crippen molar-refractivity contribution in [2.24, 2.45) is 0 Å². The number of nitrogens with zero attached hydrogens (tertiary/aromatic N) is 1. The third-order valence-electron chi connectivity index (χ3n) is 2.83. The van der Waals surface area contributed by atoms with E-state index in [1.165, 1.54) is 12.1 Å². The van der Waals surface area contributed by atoms with Gasteiger partial charge in [0.15, 0.2) is 0 Å². The maximum absolute atomic E-state index is 11.6. The molecule has 2 rings (SSSR count). The lowest BCUT2D eigenvalue weighted by Crippen LogP contribution is -2.21. The van der Waals surface area contributed by atoms with E-state index in [0.717, 1.165) is 21.2 Å². The smallest absolute Gasteiger partial charge is 0.348 e. The number of aromatic carboxylic acids is 1. The van der Waals surface area contributed by atoms with Gasteiger partial charge in [0.1, 0.15) is 4.88 Å². The summed E-state index contributed by atoms with van der Waals surface area (Å²) in [5.74, 6) is -1.17. The third-order valence-corrected chi connectivity index (χ3v) is 4.63. The van der Waals surface area contributed by atoms with Gasteiger partial charge in [0.2, 0.25) is 0 Å². The molecule has 0 amide bonds. The van der Waals surface area contributed by atoms with Gasteiger partial charge in [-0.15, -0.1) is 11.3 Å². The Hall–Kier alpha value is -1.96. The van der Waals surface area contributed by atoms with E-state index in [-0.39, 0.29) is 10.6 Å². The zero-order valence-corrected chi connectivity index (χ0v) is 12.7. The molecule has 0 aliphatic carbocycles. The van der Waals surface area contributed by atoms with Gasteiger partial charge in [0.05, 0.1) is 22.6 Å². The van der Waals surface area contributed by atoms with Crippen molar-refractivity contribution in [3.8, 4) is 0 Å². The van der Waals surface area contributed by atoms with E-state index in [1.54, 1.807) is 31.2 Å². The highest BCUT2D eigenvalue weighted by atomic mass is 32.2. The number of hydrogen-bond acceptors (Lipinski definition) is 4. The van der Waals surface area contributed by atoms with Gasteiger partial charge in [-0.25, -0.2) is 4.79 Å². The standard InChI is InChI=1S/C14H13NO4S2/c1-3-10-8-12(13(20-10)14(16)17)15(21(18)19)11-7-5-4-6-9(11)2/h3-8H,1H2,2H3,(H,16,17)(H,18,19)/p-1. The topological polar surface area (TPSA) is 80.7 Å². The van der Waals surface area contributed by atoms with Crippen LogP contribution in [0.2, 0.25) is 0 Å². The molecular formula is C14H12NO4S2-. The minimum absolute atomic E-state index is 0.0441. The minimum atomic E-state index is -2.64. The summed E-state index contributed by atoms with van der Waals surface area (Å²) in [5.41, 5.74) is 1.26. The first kappa shape index (κ1) is 15.4. The summed E-state index contributed by atoms with van der Waals surface area (Å²) in [7, 11) is 0. The molecule has 2 aromatic rings. The third kappa shape index (κ3) is 3.05. The molecule has 0 saturated heterocycles. The molecule has 0 aliphatic heterocycles.